The standard InChI is InChI=1S/C9H6N2O3S/c12-11-15(13,14)9-6-5-7-3-1-2-4-8(7)10-9/h1-6H. The zero-order chi connectivity index (χ0) is 10.9. The van der Waals surface area contributed by atoms with Crippen LogP contribution < -0.4 is 0 Å². The molecule has 2 aromatic rings. The lowest BCUT2D eigenvalue weighted by atomic mass is 10.2. The van der Waals surface area contributed by atoms with Crippen LogP contribution in [-0.4, -0.2) is 13.4 Å². The van der Waals surface area contributed by atoms with Gasteiger partial charge in [0.15, 0.2) is 5.03 Å². The van der Waals surface area contributed by atoms with Gasteiger partial charge in [-0.05, 0) is 18.2 Å². The van der Waals surface area contributed by atoms with E-state index < -0.39 is 10.0 Å². The van der Waals surface area contributed by atoms with Gasteiger partial charge in [-0.2, -0.15) is 8.42 Å². The van der Waals surface area contributed by atoms with E-state index in [0.29, 0.717) is 5.52 Å². The van der Waals surface area contributed by atoms with Crippen molar-refractivity contribution in [2.24, 2.45) is 4.58 Å². The molecule has 1 aromatic heterocycles. The second kappa shape index (κ2) is 3.39. The summed E-state index contributed by atoms with van der Waals surface area (Å²) in [6.45, 7) is 0. The molecule has 0 bridgehead atoms. The van der Waals surface area contributed by atoms with E-state index in [0.717, 1.165) is 5.39 Å². The van der Waals surface area contributed by atoms with Crippen LogP contribution in [0.5, 0.6) is 0 Å². The molecule has 15 heavy (non-hydrogen) atoms. The monoisotopic (exact) mass is 222 g/mol. The smallest absolute Gasteiger partial charge is 0.234 e. The topological polar surface area (TPSA) is 76.5 Å². The fourth-order valence-electron chi connectivity index (χ4n) is 1.23. The Morgan fingerprint density at radius 3 is 2.53 bits per heavy atom. The van der Waals surface area contributed by atoms with Crippen molar-refractivity contribution in [1.29, 1.82) is 0 Å². The first-order valence-corrected chi connectivity index (χ1v) is 5.53. The molecule has 5 nitrogen and oxygen atoms in total. The minimum absolute atomic E-state index is 0.323. The van der Waals surface area contributed by atoms with Crippen LogP contribution in [-0.2, 0) is 10.0 Å². The Morgan fingerprint density at radius 1 is 1.07 bits per heavy atom. The van der Waals surface area contributed by atoms with Crippen LogP contribution in [0.4, 0.5) is 0 Å². The third-order valence-electron chi connectivity index (χ3n) is 1.94. The summed E-state index contributed by atoms with van der Waals surface area (Å²) >= 11 is 0. The number of hydrogen-bond donors (Lipinski definition) is 0. The van der Waals surface area contributed by atoms with Gasteiger partial charge in [-0.25, -0.2) is 4.98 Å². The first-order chi connectivity index (χ1) is 7.13. The molecular formula is C9H6N2O3S. The molecule has 2 rings (SSSR count). The Morgan fingerprint density at radius 2 is 1.80 bits per heavy atom. The highest BCUT2D eigenvalue weighted by atomic mass is 32.2. The molecule has 0 saturated carbocycles. The first kappa shape index (κ1) is 9.72. The Bertz CT molecular complexity index is 622. The van der Waals surface area contributed by atoms with Crippen molar-refractivity contribution in [3.8, 4) is 0 Å². The molecule has 0 unspecified atom stereocenters. The number of fused-ring (bicyclic) bond motifs is 1. The molecule has 0 spiro atoms. The number of hydrogen-bond acceptors (Lipinski definition) is 4. The van der Waals surface area contributed by atoms with Crippen LogP contribution in [0.25, 0.3) is 10.9 Å². The summed E-state index contributed by atoms with van der Waals surface area (Å²) in [5.41, 5.74) is 0.516. The van der Waals surface area contributed by atoms with E-state index in [1.165, 1.54) is 6.07 Å². The molecule has 6 heteroatoms. The van der Waals surface area contributed by atoms with E-state index in [4.69, 9.17) is 0 Å². The molecule has 0 aliphatic rings. The second-order valence-electron chi connectivity index (χ2n) is 2.89. The fraction of sp³-hybridized carbons (Fsp3) is 0. The molecule has 0 amide bonds. The number of benzene rings is 1. The molecule has 0 aliphatic carbocycles. The highest BCUT2D eigenvalue weighted by Gasteiger charge is 2.15. The fourth-order valence-corrected chi connectivity index (χ4v) is 1.76. The van der Waals surface area contributed by atoms with Gasteiger partial charge in [-0.1, -0.05) is 18.2 Å². The molecule has 1 heterocycles. The zero-order valence-electron chi connectivity index (χ0n) is 7.49. The number of nitroso groups, excluding NO2 is 1. The van der Waals surface area contributed by atoms with Gasteiger partial charge in [0.1, 0.15) is 0 Å². The molecule has 0 N–H and O–H groups in total. The van der Waals surface area contributed by atoms with E-state index >= 15 is 0 Å². The Kier molecular flexibility index (Phi) is 2.20. The van der Waals surface area contributed by atoms with Crippen LogP contribution in [0.15, 0.2) is 46.0 Å². The number of rotatable bonds is 2. The molecule has 0 radical (unpaired) electrons. The normalized spacial score (nSPS) is 11.5. The van der Waals surface area contributed by atoms with Gasteiger partial charge < -0.3 is 0 Å². The summed E-state index contributed by atoms with van der Waals surface area (Å²) in [7, 11) is -4.13. The van der Waals surface area contributed by atoms with Crippen molar-refractivity contribution in [2.75, 3.05) is 0 Å². The SMILES string of the molecule is O=NS(=O)(=O)c1ccc2ccccc2n1. The minimum atomic E-state index is -4.13. The highest BCUT2D eigenvalue weighted by molar-refractivity contribution is 7.89. The summed E-state index contributed by atoms with van der Waals surface area (Å²) in [5.74, 6) is 0. The Hall–Kier alpha value is -1.82. The molecule has 0 saturated heterocycles. The quantitative estimate of drug-likeness (QED) is 0.724. The van der Waals surface area contributed by atoms with Crippen LogP contribution in [0, 0.1) is 4.91 Å². The molecule has 0 aliphatic heterocycles. The highest BCUT2D eigenvalue weighted by Crippen LogP contribution is 2.15. The summed E-state index contributed by atoms with van der Waals surface area (Å²) in [5, 5.41) is 0.485. The van der Waals surface area contributed by atoms with E-state index in [1.54, 1.807) is 24.3 Å². The van der Waals surface area contributed by atoms with Crippen LogP contribution in [0.2, 0.25) is 0 Å². The molecule has 0 atom stereocenters. The maximum atomic E-state index is 11.1. The maximum Gasteiger partial charge on any atom is 0.334 e. The summed E-state index contributed by atoms with van der Waals surface area (Å²) < 4.78 is 24.3. The van der Waals surface area contributed by atoms with E-state index in [1.807, 2.05) is 6.07 Å². The van der Waals surface area contributed by atoms with E-state index in [9.17, 15) is 13.3 Å². The average molecular weight is 222 g/mol. The molecule has 0 fully saturated rings. The lowest BCUT2D eigenvalue weighted by molar-refractivity contribution is 0.594. The average Bonchev–Trinajstić information content (AvgIpc) is 2.28. The predicted molar refractivity (Wildman–Crippen MR) is 54.7 cm³/mol. The number of sulfonamides is 1. The Labute approximate surface area is 85.8 Å². The van der Waals surface area contributed by atoms with Crippen molar-refractivity contribution >= 4 is 20.9 Å². The number of pyridine rings is 1. The molecule has 1 aromatic carbocycles. The summed E-state index contributed by atoms with van der Waals surface area (Å²) in [4.78, 5) is 13.9. The largest absolute Gasteiger partial charge is 0.334 e. The Balaban J connectivity index is 2.72. The van der Waals surface area contributed by atoms with E-state index in [-0.39, 0.29) is 5.03 Å². The van der Waals surface area contributed by atoms with Crippen molar-refractivity contribution in [3.05, 3.63) is 41.3 Å². The lowest BCUT2D eigenvalue weighted by Gasteiger charge is -1.98. The second-order valence-corrected chi connectivity index (χ2v) is 4.41. The van der Waals surface area contributed by atoms with Gasteiger partial charge in [0, 0.05) is 5.39 Å². The number of para-hydroxylation sites is 1. The van der Waals surface area contributed by atoms with Gasteiger partial charge in [0.2, 0.25) is 0 Å². The van der Waals surface area contributed by atoms with Gasteiger partial charge in [-0.3, -0.25) is 0 Å². The van der Waals surface area contributed by atoms with Crippen LogP contribution in [0.3, 0.4) is 0 Å². The number of nitrogens with zero attached hydrogens (tertiary/aromatic N) is 2. The zero-order valence-corrected chi connectivity index (χ0v) is 8.31. The summed E-state index contributed by atoms with van der Waals surface area (Å²) in [6.07, 6.45) is 0. The third-order valence-corrected chi connectivity index (χ3v) is 2.89. The van der Waals surface area contributed by atoms with Crippen LogP contribution in [0.1, 0.15) is 0 Å². The lowest BCUT2D eigenvalue weighted by Crippen LogP contribution is -1.98. The first-order valence-electron chi connectivity index (χ1n) is 4.09. The number of aromatic nitrogens is 1. The van der Waals surface area contributed by atoms with Gasteiger partial charge in [-0.15, -0.1) is 4.91 Å². The van der Waals surface area contributed by atoms with Gasteiger partial charge >= 0.3 is 10.0 Å². The van der Waals surface area contributed by atoms with Crippen molar-refractivity contribution in [3.63, 3.8) is 0 Å². The van der Waals surface area contributed by atoms with Crippen LogP contribution >= 0.6 is 0 Å². The molecule has 76 valence electrons. The minimum Gasteiger partial charge on any atom is -0.234 e. The predicted octanol–water partition coefficient (Wildman–Crippen LogP) is 1.69. The van der Waals surface area contributed by atoms with Crippen molar-refractivity contribution < 1.29 is 8.42 Å². The summed E-state index contributed by atoms with van der Waals surface area (Å²) in [6, 6.07) is 9.86. The third kappa shape index (κ3) is 1.71. The van der Waals surface area contributed by atoms with E-state index in [2.05, 4.69) is 9.57 Å². The van der Waals surface area contributed by atoms with Crippen molar-refractivity contribution in [1.82, 2.24) is 4.98 Å². The molecular weight excluding hydrogens is 216 g/mol. The maximum absolute atomic E-state index is 11.1. The van der Waals surface area contributed by atoms with Gasteiger partial charge in [0.25, 0.3) is 0 Å². The van der Waals surface area contributed by atoms with Crippen molar-refractivity contribution in [2.45, 2.75) is 5.03 Å². The van der Waals surface area contributed by atoms with Gasteiger partial charge in [0.05, 0.1) is 10.1 Å².